The summed E-state index contributed by atoms with van der Waals surface area (Å²) in [6.07, 6.45) is 0.514. The van der Waals surface area contributed by atoms with Gasteiger partial charge in [0.15, 0.2) is 0 Å². The van der Waals surface area contributed by atoms with Gasteiger partial charge >= 0.3 is 0 Å². The highest BCUT2D eigenvalue weighted by Crippen LogP contribution is 2.38. The molecule has 2 aromatic rings. The molecule has 0 aliphatic carbocycles. The number of aliphatic hydroxyl groups is 1. The second-order valence-electron chi connectivity index (χ2n) is 6.06. The molecule has 0 saturated heterocycles. The van der Waals surface area contributed by atoms with Gasteiger partial charge in [-0.15, -0.1) is 0 Å². The van der Waals surface area contributed by atoms with Crippen LogP contribution < -0.4 is 9.04 Å². The Morgan fingerprint density at radius 2 is 1.83 bits per heavy atom. The Morgan fingerprint density at radius 3 is 2.42 bits per heavy atom. The fourth-order valence-corrected chi connectivity index (χ4v) is 5.53. The number of sulfonamides is 1. The van der Waals surface area contributed by atoms with Crippen molar-refractivity contribution >= 4 is 15.7 Å². The first kappa shape index (κ1) is 16.8. The zero-order valence-corrected chi connectivity index (χ0v) is 14.8. The SMILES string of the molecule is COc1cc(C)c(S(=O)(=O)N2c3ccccc3CC2CO)c(C)c1. The second-order valence-corrected chi connectivity index (χ2v) is 7.81. The quantitative estimate of drug-likeness (QED) is 0.922. The first-order chi connectivity index (χ1) is 11.4. The fraction of sp³-hybridized carbons (Fsp3) is 0.333. The maximum absolute atomic E-state index is 13.4. The maximum Gasteiger partial charge on any atom is 0.265 e. The number of ether oxygens (including phenoxy) is 1. The van der Waals surface area contributed by atoms with Gasteiger partial charge in [0.05, 0.1) is 30.3 Å². The van der Waals surface area contributed by atoms with E-state index in [0.717, 1.165) is 5.56 Å². The Bertz CT molecular complexity index is 853. The molecule has 0 spiro atoms. The van der Waals surface area contributed by atoms with Gasteiger partial charge in [-0.05, 0) is 55.2 Å². The topological polar surface area (TPSA) is 66.8 Å². The number of methoxy groups -OCH3 is 1. The van der Waals surface area contributed by atoms with Gasteiger partial charge < -0.3 is 9.84 Å². The zero-order valence-electron chi connectivity index (χ0n) is 14.0. The number of aliphatic hydroxyl groups excluding tert-OH is 1. The standard InChI is InChI=1S/C18H21NO4S/c1-12-8-16(23-3)9-13(2)18(12)24(21,22)19-15(11-20)10-14-6-4-5-7-17(14)19/h4-9,15,20H,10-11H2,1-3H3. The predicted octanol–water partition coefficient (Wildman–Crippen LogP) is 2.42. The lowest BCUT2D eigenvalue weighted by atomic mass is 10.1. The summed E-state index contributed by atoms with van der Waals surface area (Å²) in [6, 6.07) is 10.3. The van der Waals surface area contributed by atoms with Gasteiger partial charge in [0.2, 0.25) is 0 Å². The minimum Gasteiger partial charge on any atom is -0.497 e. The molecule has 24 heavy (non-hydrogen) atoms. The lowest BCUT2D eigenvalue weighted by Crippen LogP contribution is -2.40. The number of anilines is 1. The van der Waals surface area contributed by atoms with Gasteiger partial charge in [0.1, 0.15) is 5.75 Å². The molecule has 0 bridgehead atoms. The van der Waals surface area contributed by atoms with E-state index >= 15 is 0 Å². The van der Waals surface area contributed by atoms with Crippen molar-refractivity contribution in [2.75, 3.05) is 18.0 Å². The van der Waals surface area contributed by atoms with Gasteiger partial charge in [-0.25, -0.2) is 8.42 Å². The van der Waals surface area contributed by atoms with Crippen molar-refractivity contribution in [1.29, 1.82) is 0 Å². The van der Waals surface area contributed by atoms with E-state index in [1.54, 1.807) is 39.2 Å². The van der Waals surface area contributed by atoms with Crippen LogP contribution in [-0.4, -0.2) is 33.3 Å². The van der Waals surface area contributed by atoms with Crippen molar-refractivity contribution in [1.82, 2.24) is 0 Å². The molecule has 1 aliphatic heterocycles. The molecule has 1 aliphatic rings. The summed E-state index contributed by atoms with van der Waals surface area (Å²) in [4.78, 5) is 0.276. The summed E-state index contributed by atoms with van der Waals surface area (Å²) in [5.41, 5.74) is 2.84. The largest absolute Gasteiger partial charge is 0.497 e. The summed E-state index contributed by atoms with van der Waals surface area (Å²) in [6.45, 7) is 3.30. The Morgan fingerprint density at radius 1 is 1.21 bits per heavy atom. The third-order valence-electron chi connectivity index (χ3n) is 4.41. The number of benzene rings is 2. The van der Waals surface area contributed by atoms with Crippen LogP contribution in [0.2, 0.25) is 0 Å². The smallest absolute Gasteiger partial charge is 0.265 e. The molecule has 1 N–H and O–H groups in total. The molecule has 0 saturated carbocycles. The van der Waals surface area contributed by atoms with Crippen molar-refractivity contribution in [2.24, 2.45) is 0 Å². The first-order valence-corrected chi connectivity index (χ1v) is 9.22. The van der Waals surface area contributed by atoms with E-state index in [1.165, 1.54) is 4.31 Å². The molecular formula is C18H21NO4S. The third kappa shape index (κ3) is 2.56. The molecule has 0 aromatic heterocycles. The molecule has 0 fully saturated rings. The van der Waals surface area contributed by atoms with Crippen LogP contribution in [-0.2, 0) is 16.4 Å². The highest BCUT2D eigenvalue weighted by molar-refractivity contribution is 7.93. The number of fused-ring (bicyclic) bond motifs is 1. The first-order valence-electron chi connectivity index (χ1n) is 7.78. The summed E-state index contributed by atoms with van der Waals surface area (Å²) in [7, 11) is -2.23. The van der Waals surface area contributed by atoms with Gasteiger partial charge in [-0.3, -0.25) is 4.31 Å². The lowest BCUT2D eigenvalue weighted by Gasteiger charge is -2.27. The molecule has 1 unspecified atom stereocenters. The van der Waals surface area contributed by atoms with Crippen LogP contribution in [0.3, 0.4) is 0 Å². The number of nitrogens with zero attached hydrogens (tertiary/aromatic N) is 1. The zero-order chi connectivity index (χ0) is 17.5. The molecule has 0 amide bonds. The van der Waals surface area contributed by atoms with Crippen LogP contribution in [0.1, 0.15) is 16.7 Å². The maximum atomic E-state index is 13.4. The minimum atomic E-state index is -3.78. The van der Waals surface area contributed by atoms with Crippen LogP contribution in [0.4, 0.5) is 5.69 Å². The highest BCUT2D eigenvalue weighted by Gasteiger charge is 2.39. The Labute approximate surface area is 142 Å². The highest BCUT2D eigenvalue weighted by atomic mass is 32.2. The van der Waals surface area contributed by atoms with Crippen molar-refractivity contribution < 1.29 is 18.3 Å². The van der Waals surface area contributed by atoms with Gasteiger partial charge in [-0.1, -0.05) is 18.2 Å². The molecular weight excluding hydrogens is 326 g/mol. The van der Waals surface area contributed by atoms with Gasteiger partial charge in [0.25, 0.3) is 10.0 Å². The monoisotopic (exact) mass is 347 g/mol. The van der Waals surface area contributed by atoms with E-state index in [1.807, 2.05) is 18.2 Å². The molecule has 3 rings (SSSR count). The van der Waals surface area contributed by atoms with Gasteiger partial charge in [-0.2, -0.15) is 0 Å². The average Bonchev–Trinajstić information content (AvgIpc) is 2.93. The average molecular weight is 347 g/mol. The van der Waals surface area contributed by atoms with E-state index in [4.69, 9.17) is 4.74 Å². The van der Waals surface area contributed by atoms with Crippen molar-refractivity contribution in [3.8, 4) is 5.75 Å². The van der Waals surface area contributed by atoms with Crippen LogP contribution in [0, 0.1) is 13.8 Å². The predicted molar refractivity (Wildman–Crippen MR) is 93.2 cm³/mol. The number of hydrogen-bond donors (Lipinski definition) is 1. The molecule has 2 aromatic carbocycles. The van der Waals surface area contributed by atoms with Crippen LogP contribution in [0.5, 0.6) is 5.75 Å². The Hall–Kier alpha value is -2.05. The second kappa shape index (κ2) is 6.11. The summed E-state index contributed by atoms with van der Waals surface area (Å²) in [5, 5.41) is 9.71. The summed E-state index contributed by atoms with van der Waals surface area (Å²) < 4.78 is 33.3. The van der Waals surface area contributed by atoms with Crippen molar-refractivity contribution in [3.05, 3.63) is 53.1 Å². The third-order valence-corrected chi connectivity index (χ3v) is 6.59. The van der Waals surface area contributed by atoms with Gasteiger partial charge in [0, 0.05) is 0 Å². The lowest BCUT2D eigenvalue weighted by molar-refractivity contribution is 0.270. The number of hydrogen-bond acceptors (Lipinski definition) is 4. The minimum absolute atomic E-state index is 0.220. The van der Waals surface area contributed by atoms with Crippen molar-refractivity contribution in [2.45, 2.75) is 31.2 Å². The fourth-order valence-electron chi connectivity index (χ4n) is 3.43. The molecule has 6 heteroatoms. The number of para-hydroxylation sites is 1. The van der Waals surface area contributed by atoms with E-state index in [2.05, 4.69) is 0 Å². The number of aryl methyl sites for hydroxylation is 2. The summed E-state index contributed by atoms with van der Waals surface area (Å²) in [5.74, 6) is 0.629. The number of rotatable bonds is 4. The van der Waals surface area contributed by atoms with E-state index in [9.17, 15) is 13.5 Å². The molecule has 128 valence electrons. The molecule has 1 heterocycles. The van der Waals surface area contributed by atoms with E-state index < -0.39 is 16.1 Å². The van der Waals surface area contributed by atoms with E-state index in [0.29, 0.717) is 29.0 Å². The Balaban J connectivity index is 2.18. The molecule has 5 nitrogen and oxygen atoms in total. The Kier molecular flexibility index (Phi) is 4.27. The normalized spacial score (nSPS) is 17.0. The van der Waals surface area contributed by atoms with Crippen molar-refractivity contribution in [3.63, 3.8) is 0 Å². The summed E-state index contributed by atoms with van der Waals surface area (Å²) >= 11 is 0. The molecule has 0 radical (unpaired) electrons. The van der Waals surface area contributed by atoms with Crippen LogP contribution >= 0.6 is 0 Å². The van der Waals surface area contributed by atoms with E-state index in [-0.39, 0.29) is 11.5 Å². The van der Waals surface area contributed by atoms with Crippen LogP contribution in [0.25, 0.3) is 0 Å². The molecule has 1 atom stereocenters. The van der Waals surface area contributed by atoms with Crippen LogP contribution in [0.15, 0.2) is 41.3 Å².